The third-order valence-corrected chi connectivity index (χ3v) is 2.14. The van der Waals surface area contributed by atoms with Gasteiger partial charge in [-0.05, 0) is 18.7 Å². The second-order valence-corrected chi connectivity index (χ2v) is 3.20. The van der Waals surface area contributed by atoms with Gasteiger partial charge in [-0.25, -0.2) is 0 Å². The average Bonchev–Trinajstić information content (AvgIpc) is 2.29. The van der Waals surface area contributed by atoms with Crippen LogP contribution in [0.5, 0.6) is 0 Å². The second kappa shape index (κ2) is 6.14. The Balaban J connectivity index is 2.50. The number of hydrogen-bond acceptors (Lipinski definition) is 4. The maximum absolute atomic E-state index is 11.1. The van der Waals surface area contributed by atoms with E-state index in [1.807, 2.05) is 30.0 Å². The normalized spacial score (nSPS) is 10.3. The van der Waals surface area contributed by atoms with Gasteiger partial charge >= 0.3 is 5.97 Å². The number of carbonyl (C=O) groups excluding carboxylic acids is 1. The predicted molar refractivity (Wildman–Crippen MR) is 57.2 cm³/mol. The molecule has 0 N–H and O–H groups in total. The molecule has 1 heterocycles. The summed E-state index contributed by atoms with van der Waals surface area (Å²) in [5, 5.41) is 0. The highest BCUT2D eigenvalue weighted by molar-refractivity contribution is 5.71. The highest BCUT2D eigenvalue weighted by Crippen LogP contribution is 2.00. The lowest BCUT2D eigenvalue weighted by Gasteiger charge is -2.17. The van der Waals surface area contributed by atoms with Crippen LogP contribution in [0, 0.1) is 0 Å². The molecule has 0 radical (unpaired) electrons. The largest absolute Gasteiger partial charge is 0.468 e. The van der Waals surface area contributed by atoms with Gasteiger partial charge in [0.15, 0.2) is 0 Å². The van der Waals surface area contributed by atoms with E-state index in [4.69, 9.17) is 0 Å². The lowest BCUT2D eigenvalue weighted by atomic mass is 10.3. The molecule has 0 unspecified atom stereocenters. The van der Waals surface area contributed by atoms with Gasteiger partial charge < -0.3 is 4.74 Å². The summed E-state index contributed by atoms with van der Waals surface area (Å²) in [5.74, 6) is -0.215. The van der Waals surface area contributed by atoms with Crippen molar-refractivity contribution in [2.45, 2.75) is 13.5 Å². The molecule has 15 heavy (non-hydrogen) atoms. The van der Waals surface area contributed by atoms with Crippen LogP contribution in [0.1, 0.15) is 12.6 Å². The number of ether oxygens (including phenoxy) is 1. The number of carbonyl (C=O) groups is 1. The summed E-state index contributed by atoms with van der Waals surface area (Å²) in [6.45, 7) is 3.79. The summed E-state index contributed by atoms with van der Waals surface area (Å²) in [7, 11) is 1.40. The van der Waals surface area contributed by atoms with Gasteiger partial charge in [0.05, 0.1) is 19.3 Å². The summed E-state index contributed by atoms with van der Waals surface area (Å²) in [4.78, 5) is 17.3. The van der Waals surface area contributed by atoms with E-state index in [-0.39, 0.29) is 5.97 Å². The molecule has 1 aromatic rings. The molecule has 0 saturated carbocycles. The van der Waals surface area contributed by atoms with Crippen LogP contribution in [0.4, 0.5) is 0 Å². The lowest BCUT2D eigenvalue weighted by Crippen LogP contribution is -2.30. The third-order valence-electron chi connectivity index (χ3n) is 2.14. The number of pyridine rings is 1. The smallest absolute Gasteiger partial charge is 0.319 e. The second-order valence-electron chi connectivity index (χ2n) is 3.20. The van der Waals surface area contributed by atoms with E-state index in [2.05, 4.69) is 9.72 Å². The van der Waals surface area contributed by atoms with Crippen molar-refractivity contribution in [3.8, 4) is 0 Å². The molecule has 1 rings (SSSR count). The van der Waals surface area contributed by atoms with E-state index in [1.54, 1.807) is 6.20 Å². The van der Waals surface area contributed by atoms with Gasteiger partial charge in [0.25, 0.3) is 0 Å². The molecule has 0 aliphatic rings. The fourth-order valence-corrected chi connectivity index (χ4v) is 1.25. The first-order valence-electron chi connectivity index (χ1n) is 4.95. The molecule has 4 nitrogen and oxygen atoms in total. The molecular weight excluding hydrogens is 192 g/mol. The standard InChI is InChI=1S/C11H16N2O2/c1-3-13(9-11(14)15-2)8-10-6-4-5-7-12-10/h4-7H,3,8-9H2,1-2H3. The van der Waals surface area contributed by atoms with Crippen LogP contribution in [0.2, 0.25) is 0 Å². The first kappa shape index (κ1) is 11.7. The van der Waals surface area contributed by atoms with Gasteiger partial charge in [-0.15, -0.1) is 0 Å². The van der Waals surface area contributed by atoms with Gasteiger partial charge in [0.1, 0.15) is 0 Å². The minimum Gasteiger partial charge on any atom is -0.468 e. The molecular formula is C11H16N2O2. The van der Waals surface area contributed by atoms with Crippen molar-refractivity contribution in [1.29, 1.82) is 0 Å². The first-order valence-corrected chi connectivity index (χ1v) is 4.95. The number of esters is 1. The molecule has 0 saturated heterocycles. The van der Waals surface area contributed by atoms with E-state index in [0.29, 0.717) is 13.1 Å². The first-order chi connectivity index (χ1) is 7.26. The fourth-order valence-electron chi connectivity index (χ4n) is 1.25. The SMILES string of the molecule is CCN(CC(=O)OC)Cc1ccccn1. The number of methoxy groups -OCH3 is 1. The molecule has 1 aromatic heterocycles. The predicted octanol–water partition coefficient (Wildman–Crippen LogP) is 1.08. The monoisotopic (exact) mass is 208 g/mol. The van der Waals surface area contributed by atoms with Crippen molar-refractivity contribution in [3.63, 3.8) is 0 Å². The van der Waals surface area contributed by atoms with Crippen molar-refractivity contribution in [3.05, 3.63) is 30.1 Å². The van der Waals surface area contributed by atoms with E-state index in [9.17, 15) is 4.79 Å². The summed E-state index contributed by atoms with van der Waals surface area (Å²) in [6.07, 6.45) is 1.75. The Labute approximate surface area is 89.9 Å². The van der Waals surface area contributed by atoms with E-state index < -0.39 is 0 Å². The molecule has 0 atom stereocenters. The topological polar surface area (TPSA) is 42.4 Å². The van der Waals surface area contributed by atoms with Crippen LogP contribution in [-0.4, -0.2) is 36.1 Å². The molecule has 4 heteroatoms. The van der Waals surface area contributed by atoms with Crippen molar-refractivity contribution in [2.75, 3.05) is 20.2 Å². The Morgan fingerprint density at radius 2 is 2.33 bits per heavy atom. The Kier molecular flexibility index (Phi) is 4.77. The zero-order valence-electron chi connectivity index (χ0n) is 9.14. The Morgan fingerprint density at radius 3 is 2.87 bits per heavy atom. The molecule has 0 aliphatic carbocycles. The third kappa shape index (κ3) is 4.08. The van der Waals surface area contributed by atoms with Crippen molar-refractivity contribution in [2.24, 2.45) is 0 Å². The van der Waals surface area contributed by atoms with Crippen LogP contribution in [0.25, 0.3) is 0 Å². The van der Waals surface area contributed by atoms with E-state index in [1.165, 1.54) is 7.11 Å². The number of likely N-dealkylation sites (N-methyl/N-ethyl adjacent to an activating group) is 1. The average molecular weight is 208 g/mol. The summed E-state index contributed by atoms with van der Waals surface area (Å²) >= 11 is 0. The maximum atomic E-state index is 11.1. The van der Waals surface area contributed by atoms with Crippen LogP contribution in [-0.2, 0) is 16.1 Å². The number of hydrogen-bond donors (Lipinski definition) is 0. The number of rotatable bonds is 5. The Hall–Kier alpha value is -1.42. The van der Waals surface area contributed by atoms with Gasteiger partial charge in [-0.3, -0.25) is 14.7 Å². The summed E-state index contributed by atoms with van der Waals surface area (Å²) in [6, 6.07) is 5.76. The van der Waals surface area contributed by atoms with Crippen LogP contribution in [0.15, 0.2) is 24.4 Å². The molecule has 0 aliphatic heterocycles. The Morgan fingerprint density at radius 1 is 1.53 bits per heavy atom. The van der Waals surface area contributed by atoms with Gasteiger partial charge in [-0.1, -0.05) is 13.0 Å². The molecule has 82 valence electrons. The zero-order chi connectivity index (χ0) is 11.1. The van der Waals surface area contributed by atoms with E-state index >= 15 is 0 Å². The van der Waals surface area contributed by atoms with E-state index in [0.717, 1.165) is 12.2 Å². The van der Waals surface area contributed by atoms with Gasteiger partial charge in [-0.2, -0.15) is 0 Å². The quantitative estimate of drug-likeness (QED) is 0.679. The van der Waals surface area contributed by atoms with Crippen molar-refractivity contribution >= 4 is 5.97 Å². The molecule has 0 bridgehead atoms. The molecule has 0 aromatic carbocycles. The summed E-state index contributed by atoms with van der Waals surface area (Å²) < 4.78 is 4.62. The number of aromatic nitrogens is 1. The minimum absolute atomic E-state index is 0.215. The van der Waals surface area contributed by atoms with Gasteiger partial charge in [0, 0.05) is 12.7 Å². The van der Waals surface area contributed by atoms with Crippen molar-refractivity contribution in [1.82, 2.24) is 9.88 Å². The van der Waals surface area contributed by atoms with Crippen LogP contribution >= 0.6 is 0 Å². The molecule has 0 amide bonds. The fraction of sp³-hybridized carbons (Fsp3) is 0.455. The molecule has 0 fully saturated rings. The lowest BCUT2D eigenvalue weighted by molar-refractivity contribution is -0.142. The van der Waals surface area contributed by atoms with Gasteiger partial charge in [0.2, 0.25) is 0 Å². The van der Waals surface area contributed by atoms with Crippen molar-refractivity contribution < 1.29 is 9.53 Å². The highest BCUT2D eigenvalue weighted by atomic mass is 16.5. The Bertz CT molecular complexity index is 301. The maximum Gasteiger partial charge on any atom is 0.319 e. The summed E-state index contributed by atoms with van der Waals surface area (Å²) in [5.41, 5.74) is 0.961. The van der Waals surface area contributed by atoms with Crippen LogP contribution in [0.3, 0.4) is 0 Å². The van der Waals surface area contributed by atoms with Crippen LogP contribution < -0.4 is 0 Å². The molecule has 0 spiro atoms. The zero-order valence-corrected chi connectivity index (χ0v) is 9.14. The number of nitrogens with zero attached hydrogens (tertiary/aromatic N) is 2. The highest BCUT2D eigenvalue weighted by Gasteiger charge is 2.09. The minimum atomic E-state index is -0.215.